The molecule has 0 radical (unpaired) electrons. The van der Waals surface area contributed by atoms with Crippen LogP contribution in [0.4, 0.5) is 0 Å². The Bertz CT molecular complexity index is 610. The molecule has 0 spiro atoms. The first-order valence-electron chi connectivity index (χ1n) is 6.30. The standard InChI is InChI=1S/C15H18N2O3/c1-10-8-11(17(2)16-10)9-12(18)15-13(19-3)6-5-7-14(15)20-4/h5-8H,9H2,1-4H3. The number of carbonyl (C=O) groups is 1. The third-order valence-electron chi connectivity index (χ3n) is 3.15. The molecular weight excluding hydrogens is 256 g/mol. The van der Waals surface area contributed by atoms with Gasteiger partial charge in [-0.3, -0.25) is 9.48 Å². The molecule has 0 aliphatic heterocycles. The van der Waals surface area contributed by atoms with Crippen LogP contribution in [0.25, 0.3) is 0 Å². The van der Waals surface area contributed by atoms with E-state index in [1.807, 2.05) is 20.0 Å². The van der Waals surface area contributed by atoms with Gasteiger partial charge >= 0.3 is 0 Å². The number of hydrogen-bond acceptors (Lipinski definition) is 4. The highest BCUT2D eigenvalue weighted by Crippen LogP contribution is 2.29. The van der Waals surface area contributed by atoms with Gasteiger partial charge in [0.05, 0.1) is 26.3 Å². The predicted molar refractivity (Wildman–Crippen MR) is 75.5 cm³/mol. The molecule has 0 fully saturated rings. The first kappa shape index (κ1) is 14.1. The van der Waals surface area contributed by atoms with Gasteiger partial charge in [-0.2, -0.15) is 5.10 Å². The Labute approximate surface area is 118 Å². The number of hydrogen-bond donors (Lipinski definition) is 0. The first-order chi connectivity index (χ1) is 9.56. The molecule has 106 valence electrons. The summed E-state index contributed by atoms with van der Waals surface area (Å²) in [5.74, 6) is 0.990. The van der Waals surface area contributed by atoms with E-state index in [-0.39, 0.29) is 12.2 Å². The Hall–Kier alpha value is -2.30. The van der Waals surface area contributed by atoms with Crippen molar-refractivity contribution in [1.82, 2.24) is 9.78 Å². The summed E-state index contributed by atoms with van der Waals surface area (Å²) in [6.45, 7) is 1.90. The van der Waals surface area contributed by atoms with Crippen molar-refractivity contribution in [3.63, 3.8) is 0 Å². The van der Waals surface area contributed by atoms with Gasteiger partial charge in [0.15, 0.2) is 5.78 Å². The Balaban J connectivity index is 2.36. The van der Waals surface area contributed by atoms with Gasteiger partial charge in [0.1, 0.15) is 17.1 Å². The van der Waals surface area contributed by atoms with Crippen LogP contribution in [0, 0.1) is 6.92 Å². The van der Waals surface area contributed by atoms with E-state index in [0.717, 1.165) is 11.4 Å². The number of carbonyl (C=O) groups excluding carboxylic acids is 1. The van der Waals surface area contributed by atoms with Crippen LogP contribution >= 0.6 is 0 Å². The Morgan fingerprint density at radius 3 is 2.30 bits per heavy atom. The minimum Gasteiger partial charge on any atom is -0.496 e. The second-order valence-corrected chi connectivity index (χ2v) is 4.54. The third-order valence-corrected chi connectivity index (χ3v) is 3.15. The molecule has 20 heavy (non-hydrogen) atoms. The Morgan fingerprint density at radius 1 is 1.25 bits per heavy atom. The highest BCUT2D eigenvalue weighted by atomic mass is 16.5. The largest absolute Gasteiger partial charge is 0.496 e. The molecule has 1 aromatic heterocycles. The molecule has 0 aliphatic carbocycles. The summed E-state index contributed by atoms with van der Waals surface area (Å²) in [7, 11) is 4.91. The van der Waals surface area contributed by atoms with Crippen molar-refractivity contribution >= 4 is 5.78 Å². The molecule has 1 heterocycles. The predicted octanol–water partition coefficient (Wildman–Crippen LogP) is 2.17. The normalized spacial score (nSPS) is 10.4. The molecule has 1 aromatic carbocycles. The van der Waals surface area contributed by atoms with Crippen LogP contribution in [0.2, 0.25) is 0 Å². The van der Waals surface area contributed by atoms with Gasteiger partial charge in [0, 0.05) is 12.7 Å². The van der Waals surface area contributed by atoms with Crippen LogP contribution in [0.15, 0.2) is 24.3 Å². The number of methoxy groups -OCH3 is 2. The second kappa shape index (κ2) is 5.77. The fraction of sp³-hybridized carbons (Fsp3) is 0.333. The van der Waals surface area contributed by atoms with E-state index in [1.54, 1.807) is 37.1 Å². The van der Waals surface area contributed by atoms with Gasteiger partial charge in [0.25, 0.3) is 0 Å². The molecule has 0 amide bonds. The number of Topliss-reactive ketones (excluding diaryl/α,β-unsaturated/α-hetero) is 1. The molecular formula is C15H18N2O3. The maximum atomic E-state index is 12.5. The highest BCUT2D eigenvalue weighted by Gasteiger charge is 2.19. The zero-order valence-corrected chi connectivity index (χ0v) is 12.1. The molecule has 0 bridgehead atoms. The van der Waals surface area contributed by atoms with Gasteiger partial charge in [0.2, 0.25) is 0 Å². The van der Waals surface area contributed by atoms with Gasteiger partial charge in [-0.1, -0.05) is 6.07 Å². The monoisotopic (exact) mass is 274 g/mol. The fourth-order valence-corrected chi connectivity index (χ4v) is 2.21. The van der Waals surface area contributed by atoms with Gasteiger partial charge in [-0.15, -0.1) is 0 Å². The molecule has 2 rings (SSSR count). The summed E-state index contributed by atoms with van der Waals surface area (Å²) in [5.41, 5.74) is 2.22. The SMILES string of the molecule is COc1cccc(OC)c1C(=O)Cc1cc(C)nn1C. The lowest BCUT2D eigenvalue weighted by atomic mass is 10.0. The summed E-state index contributed by atoms with van der Waals surface area (Å²) >= 11 is 0. The van der Waals surface area contributed by atoms with Crippen molar-refractivity contribution in [3.05, 3.63) is 41.2 Å². The van der Waals surface area contributed by atoms with Crippen molar-refractivity contribution in [2.24, 2.45) is 7.05 Å². The van der Waals surface area contributed by atoms with Crippen molar-refractivity contribution in [2.45, 2.75) is 13.3 Å². The van der Waals surface area contributed by atoms with Gasteiger partial charge in [-0.25, -0.2) is 0 Å². The van der Waals surface area contributed by atoms with E-state index in [0.29, 0.717) is 17.1 Å². The number of ketones is 1. The molecule has 0 aliphatic rings. The van der Waals surface area contributed by atoms with Crippen LogP contribution in [0.3, 0.4) is 0 Å². The van der Waals surface area contributed by atoms with E-state index < -0.39 is 0 Å². The summed E-state index contributed by atoms with van der Waals surface area (Å²) in [4.78, 5) is 12.5. The minimum atomic E-state index is -0.0534. The third kappa shape index (κ3) is 2.66. The van der Waals surface area contributed by atoms with Crippen molar-refractivity contribution < 1.29 is 14.3 Å². The Kier molecular flexibility index (Phi) is 4.08. The zero-order valence-electron chi connectivity index (χ0n) is 12.1. The lowest BCUT2D eigenvalue weighted by molar-refractivity contribution is 0.0984. The van der Waals surface area contributed by atoms with E-state index in [9.17, 15) is 4.79 Å². The van der Waals surface area contributed by atoms with Gasteiger partial charge < -0.3 is 9.47 Å². The van der Waals surface area contributed by atoms with E-state index in [4.69, 9.17) is 9.47 Å². The molecule has 0 atom stereocenters. The number of aromatic nitrogens is 2. The van der Waals surface area contributed by atoms with Crippen LogP contribution in [0.5, 0.6) is 11.5 Å². The number of ether oxygens (including phenoxy) is 2. The van der Waals surface area contributed by atoms with Crippen molar-refractivity contribution in [2.75, 3.05) is 14.2 Å². The van der Waals surface area contributed by atoms with Crippen molar-refractivity contribution in [1.29, 1.82) is 0 Å². The average molecular weight is 274 g/mol. The fourth-order valence-electron chi connectivity index (χ4n) is 2.21. The number of rotatable bonds is 5. The Morgan fingerprint density at radius 2 is 1.85 bits per heavy atom. The molecule has 0 saturated heterocycles. The smallest absolute Gasteiger partial charge is 0.176 e. The molecule has 5 heteroatoms. The van der Waals surface area contributed by atoms with Crippen LogP contribution in [-0.4, -0.2) is 29.8 Å². The molecule has 2 aromatic rings. The lowest BCUT2D eigenvalue weighted by Crippen LogP contribution is -2.10. The second-order valence-electron chi connectivity index (χ2n) is 4.54. The average Bonchev–Trinajstić information content (AvgIpc) is 2.75. The quantitative estimate of drug-likeness (QED) is 0.784. The number of aryl methyl sites for hydroxylation is 2. The number of nitrogens with zero attached hydrogens (tertiary/aromatic N) is 2. The summed E-state index contributed by atoms with van der Waals surface area (Å²) in [5, 5.41) is 4.24. The first-order valence-corrected chi connectivity index (χ1v) is 6.30. The van der Waals surface area contributed by atoms with Crippen LogP contribution in [0.1, 0.15) is 21.7 Å². The van der Waals surface area contributed by atoms with Crippen LogP contribution < -0.4 is 9.47 Å². The molecule has 0 saturated carbocycles. The zero-order chi connectivity index (χ0) is 14.7. The van der Waals surface area contributed by atoms with Crippen molar-refractivity contribution in [3.8, 4) is 11.5 Å². The van der Waals surface area contributed by atoms with E-state index >= 15 is 0 Å². The van der Waals surface area contributed by atoms with E-state index in [1.165, 1.54) is 0 Å². The maximum absolute atomic E-state index is 12.5. The van der Waals surface area contributed by atoms with E-state index in [2.05, 4.69) is 5.10 Å². The van der Waals surface area contributed by atoms with Crippen LogP contribution in [-0.2, 0) is 13.5 Å². The number of benzene rings is 1. The lowest BCUT2D eigenvalue weighted by Gasteiger charge is -2.12. The topological polar surface area (TPSA) is 53.4 Å². The summed E-state index contributed by atoms with van der Waals surface area (Å²) in [6.07, 6.45) is 0.258. The maximum Gasteiger partial charge on any atom is 0.176 e. The minimum absolute atomic E-state index is 0.0534. The summed E-state index contributed by atoms with van der Waals surface area (Å²) in [6, 6.07) is 7.21. The summed E-state index contributed by atoms with van der Waals surface area (Å²) < 4.78 is 12.2. The molecule has 0 N–H and O–H groups in total. The van der Waals surface area contributed by atoms with Gasteiger partial charge in [-0.05, 0) is 25.1 Å². The highest BCUT2D eigenvalue weighted by molar-refractivity contribution is 6.02. The molecule has 5 nitrogen and oxygen atoms in total. The molecule has 0 unspecified atom stereocenters.